The average Bonchev–Trinajstić information content (AvgIpc) is 2.59. The number of hydrogen-bond acceptors (Lipinski definition) is 4. The maximum absolute atomic E-state index is 12.2. The summed E-state index contributed by atoms with van der Waals surface area (Å²) in [5.41, 5.74) is 1.27. The molecule has 2 aromatic rings. The standard InChI is InChI=1S/C16H17Cl2NO4S/c1-22-14-4-3-5-15(23-2)16(14)12-7-6-11(10-13(12)18)24(20,21)19-9-8-17/h3-7,10,19H,8-9H2,1-2H3. The van der Waals surface area contributed by atoms with Crippen LogP contribution in [0.4, 0.5) is 0 Å². The minimum absolute atomic E-state index is 0.0650. The van der Waals surface area contributed by atoms with Gasteiger partial charge in [-0.1, -0.05) is 23.7 Å². The molecule has 0 saturated carbocycles. The first-order valence-corrected chi connectivity index (χ1v) is 9.40. The maximum atomic E-state index is 12.2. The van der Waals surface area contributed by atoms with Crippen LogP contribution in [0.3, 0.4) is 0 Å². The van der Waals surface area contributed by atoms with E-state index < -0.39 is 10.0 Å². The summed E-state index contributed by atoms with van der Waals surface area (Å²) >= 11 is 11.9. The third kappa shape index (κ3) is 3.95. The summed E-state index contributed by atoms with van der Waals surface area (Å²) in [6.07, 6.45) is 0. The molecule has 0 radical (unpaired) electrons. The number of hydrogen-bond donors (Lipinski definition) is 1. The van der Waals surface area contributed by atoms with Gasteiger partial charge in [0.15, 0.2) is 0 Å². The summed E-state index contributed by atoms with van der Waals surface area (Å²) in [6.45, 7) is 0.142. The van der Waals surface area contributed by atoms with Gasteiger partial charge in [-0.15, -0.1) is 11.6 Å². The lowest BCUT2D eigenvalue weighted by Gasteiger charge is -2.15. The number of alkyl halides is 1. The summed E-state index contributed by atoms with van der Waals surface area (Å²) in [7, 11) is -0.571. The van der Waals surface area contributed by atoms with Gasteiger partial charge in [0.1, 0.15) is 11.5 Å². The first-order valence-electron chi connectivity index (χ1n) is 7.01. The van der Waals surface area contributed by atoms with Gasteiger partial charge < -0.3 is 9.47 Å². The summed E-state index contributed by atoms with van der Waals surface area (Å²) < 4.78 is 37.4. The van der Waals surface area contributed by atoms with Crippen molar-refractivity contribution in [1.29, 1.82) is 0 Å². The smallest absolute Gasteiger partial charge is 0.240 e. The van der Waals surface area contributed by atoms with Crippen molar-refractivity contribution < 1.29 is 17.9 Å². The number of ether oxygens (including phenoxy) is 2. The second-order valence-corrected chi connectivity index (χ2v) is 7.32. The average molecular weight is 390 g/mol. The number of benzene rings is 2. The Hall–Kier alpha value is -1.47. The van der Waals surface area contributed by atoms with E-state index in [1.165, 1.54) is 12.1 Å². The van der Waals surface area contributed by atoms with Crippen molar-refractivity contribution in [3.8, 4) is 22.6 Å². The van der Waals surface area contributed by atoms with Crippen LogP contribution in [0.1, 0.15) is 0 Å². The van der Waals surface area contributed by atoms with Gasteiger partial charge in [-0.25, -0.2) is 13.1 Å². The molecule has 0 spiro atoms. The molecule has 2 rings (SSSR count). The molecule has 130 valence electrons. The van der Waals surface area contributed by atoms with Crippen molar-refractivity contribution in [3.63, 3.8) is 0 Å². The zero-order chi connectivity index (χ0) is 17.7. The second kappa shape index (κ2) is 8.07. The van der Waals surface area contributed by atoms with Gasteiger partial charge in [-0.05, 0) is 24.3 Å². The van der Waals surface area contributed by atoms with Crippen LogP contribution in [0.25, 0.3) is 11.1 Å². The highest BCUT2D eigenvalue weighted by atomic mass is 35.5. The number of halogens is 2. The van der Waals surface area contributed by atoms with Crippen molar-refractivity contribution in [1.82, 2.24) is 4.72 Å². The number of sulfonamides is 1. The molecule has 0 aromatic heterocycles. The first kappa shape index (κ1) is 18.9. The molecule has 5 nitrogen and oxygen atoms in total. The molecule has 0 amide bonds. The Morgan fingerprint density at radius 2 is 1.71 bits per heavy atom. The van der Waals surface area contributed by atoms with E-state index >= 15 is 0 Å². The van der Waals surface area contributed by atoms with Crippen LogP contribution >= 0.6 is 23.2 Å². The van der Waals surface area contributed by atoms with Crippen LogP contribution in [-0.4, -0.2) is 35.1 Å². The molecule has 0 aliphatic heterocycles. The Morgan fingerprint density at radius 1 is 1.08 bits per heavy atom. The fraction of sp³-hybridized carbons (Fsp3) is 0.250. The van der Waals surface area contributed by atoms with Crippen molar-refractivity contribution in [2.45, 2.75) is 4.90 Å². The molecule has 24 heavy (non-hydrogen) atoms. The van der Waals surface area contributed by atoms with Gasteiger partial charge >= 0.3 is 0 Å². The molecule has 0 heterocycles. The minimum Gasteiger partial charge on any atom is -0.496 e. The quantitative estimate of drug-likeness (QED) is 0.735. The van der Waals surface area contributed by atoms with Gasteiger partial charge in [0, 0.05) is 18.0 Å². The SMILES string of the molecule is COc1cccc(OC)c1-c1ccc(S(=O)(=O)NCCCl)cc1Cl. The lowest BCUT2D eigenvalue weighted by molar-refractivity contribution is 0.397. The van der Waals surface area contributed by atoms with Crippen LogP contribution in [0.2, 0.25) is 5.02 Å². The highest BCUT2D eigenvalue weighted by molar-refractivity contribution is 7.89. The van der Waals surface area contributed by atoms with Gasteiger partial charge in [-0.3, -0.25) is 0 Å². The lowest BCUT2D eigenvalue weighted by Crippen LogP contribution is -2.25. The zero-order valence-electron chi connectivity index (χ0n) is 13.2. The number of rotatable bonds is 7. The van der Waals surface area contributed by atoms with Gasteiger partial charge in [0.2, 0.25) is 10.0 Å². The number of nitrogens with one attached hydrogen (secondary N) is 1. The molecule has 0 fully saturated rings. The molecule has 0 atom stereocenters. The first-order chi connectivity index (χ1) is 11.4. The van der Waals surface area contributed by atoms with Crippen molar-refractivity contribution in [3.05, 3.63) is 41.4 Å². The largest absolute Gasteiger partial charge is 0.496 e. The van der Waals surface area contributed by atoms with E-state index in [2.05, 4.69) is 4.72 Å². The van der Waals surface area contributed by atoms with Gasteiger partial charge in [0.05, 0.1) is 29.7 Å². The molecule has 2 aromatic carbocycles. The Labute approximate surface area is 151 Å². The van der Waals surface area contributed by atoms with E-state index in [4.69, 9.17) is 32.7 Å². The summed E-state index contributed by atoms with van der Waals surface area (Å²) in [5, 5.41) is 0.270. The Kier molecular flexibility index (Phi) is 6.34. The monoisotopic (exact) mass is 389 g/mol. The van der Waals surface area contributed by atoms with Crippen LogP contribution in [0, 0.1) is 0 Å². The van der Waals surface area contributed by atoms with Crippen LogP contribution in [0.5, 0.6) is 11.5 Å². The van der Waals surface area contributed by atoms with Crippen LogP contribution in [0.15, 0.2) is 41.3 Å². The molecular weight excluding hydrogens is 373 g/mol. The topological polar surface area (TPSA) is 64.6 Å². The van der Waals surface area contributed by atoms with Crippen molar-refractivity contribution in [2.75, 3.05) is 26.6 Å². The van der Waals surface area contributed by atoms with E-state index in [0.29, 0.717) is 22.6 Å². The summed E-state index contributed by atoms with van der Waals surface area (Å²) in [4.78, 5) is 0.0650. The Balaban J connectivity index is 2.53. The van der Waals surface area contributed by atoms with E-state index in [1.54, 1.807) is 38.5 Å². The molecule has 0 aliphatic rings. The summed E-state index contributed by atoms with van der Waals surface area (Å²) in [6, 6.07) is 9.84. The van der Waals surface area contributed by atoms with Crippen molar-refractivity contribution in [2.24, 2.45) is 0 Å². The fourth-order valence-corrected chi connectivity index (χ4v) is 3.84. The Bertz CT molecular complexity index is 803. The van der Waals surface area contributed by atoms with E-state index in [1.807, 2.05) is 0 Å². The molecule has 0 unspecified atom stereocenters. The zero-order valence-corrected chi connectivity index (χ0v) is 15.5. The predicted octanol–water partition coefficient (Wildman–Crippen LogP) is 3.54. The van der Waals surface area contributed by atoms with Gasteiger partial charge in [-0.2, -0.15) is 0 Å². The highest BCUT2D eigenvalue weighted by Crippen LogP contribution is 2.42. The minimum atomic E-state index is -3.66. The Morgan fingerprint density at radius 3 is 2.21 bits per heavy atom. The second-order valence-electron chi connectivity index (χ2n) is 4.77. The molecule has 0 saturated heterocycles. The van der Waals surface area contributed by atoms with Crippen molar-refractivity contribution >= 4 is 33.2 Å². The molecule has 0 bridgehead atoms. The third-order valence-electron chi connectivity index (χ3n) is 3.33. The maximum Gasteiger partial charge on any atom is 0.240 e. The molecular formula is C16H17Cl2NO4S. The van der Waals surface area contributed by atoms with E-state index in [9.17, 15) is 8.42 Å². The van der Waals surface area contributed by atoms with Gasteiger partial charge in [0.25, 0.3) is 0 Å². The normalized spacial score (nSPS) is 11.3. The number of methoxy groups -OCH3 is 2. The molecule has 0 aliphatic carbocycles. The van der Waals surface area contributed by atoms with Crippen LogP contribution in [-0.2, 0) is 10.0 Å². The predicted molar refractivity (Wildman–Crippen MR) is 95.9 cm³/mol. The van der Waals surface area contributed by atoms with Crippen LogP contribution < -0.4 is 14.2 Å². The fourth-order valence-electron chi connectivity index (χ4n) is 2.24. The molecule has 1 N–H and O–H groups in total. The molecule has 8 heteroatoms. The third-order valence-corrected chi connectivity index (χ3v) is 5.29. The van der Waals surface area contributed by atoms with E-state index in [-0.39, 0.29) is 22.3 Å². The summed E-state index contributed by atoms with van der Waals surface area (Å²) in [5.74, 6) is 1.34. The lowest BCUT2D eigenvalue weighted by atomic mass is 10.0. The highest BCUT2D eigenvalue weighted by Gasteiger charge is 2.19. The van der Waals surface area contributed by atoms with E-state index in [0.717, 1.165) is 0 Å².